The third kappa shape index (κ3) is 3.09. The monoisotopic (exact) mass is 308 g/mol. The van der Waals surface area contributed by atoms with Crippen LogP contribution in [0.1, 0.15) is 11.6 Å². The van der Waals surface area contributed by atoms with E-state index in [2.05, 4.69) is 21.2 Å². The summed E-state index contributed by atoms with van der Waals surface area (Å²) >= 11 is 3.37. The fraction of sp³-hybridized carbons (Fsp3) is 0.143. The lowest BCUT2D eigenvalue weighted by Gasteiger charge is -2.20. The summed E-state index contributed by atoms with van der Waals surface area (Å²) in [6, 6.07) is 14.4. The number of benzene rings is 2. The van der Waals surface area contributed by atoms with Gasteiger partial charge < -0.3 is 11.1 Å². The molecule has 0 fully saturated rings. The highest BCUT2D eigenvalue weighted by molar-refractivity contribution is 9.10. The molecular weight excluding hydrogens is 295 g/mol. The fourth-order valence-electron chi connectivity index (χ4n) is 1.78. The van der Waals surface area contributed by atoms with E-state index < -0.39 is 0 Å². The summed E-state index contributed by atoms with van der Waals surface area (Å²) in [6.45, 7) is 0.430. The van der Waals surface area contributed by atoms with Crippen molar-refractivity contribution in [2.75, 3.05) is 11.9 Å². The van der Waals surface area contributed by atoms with Gasteiger partial charge in [0.2, 0.25) is 0 Å². The molecule has 0 radical (unpaired) electrons. The van der Waals surface area contributed by atoms with Gasteiger partial charge in [-0.05, 0) is 29.8 Å². The Morgan fingerprint density at radius 1 is 1.17 bits per heavy atom. The molecule has 2 nitrogen and oxygen atoms in total. The van der Waals surface area contributed by atoms with E-state index >= 15 is 0 Å². The molecular formula is C14H14BrFN2. The number of hydrogen-bond donors (Lipinski definition) is 2. The standard InChI is InChI=1S/C14H14BrFN2/c15-13-8-10(16)6-7-12(13)14(9-17)18-11-4-2-1-3-5-11/h1-8,14,18H,9,17H2. The van der Waals surface area contributed by atoms with E-state index in [0.717, 1.165) is 15.7 Å². The topological polar surface area (TPSA) is 38.0 Å². The van der Waals surface area contributed by atoms with Crippen molar-refractivity contribution in [2.24, 2.45) is 5.73 Å². The van der Waals surface area contributed by atoms with Gasteiger partial charge >= 0.3 is 0 Å². The van der Waals surface area contributed by atoms with Crippen LogP contribution in [0.3, 0.4) is 0 Å². The highest BCUT2D eigenvalue weighted by atomic mass is 79.9. The van der Waals surface area contributed by atoms with E-state index in [1.54, 1.807) is 6.07 Å². The minimum absolute atomic E-state index is 0.0534. The van der Waals surface area contributed by atoms with Crippen LogP contribution in [0.2, 0.25) is 0 Å². The maximum absolute atomic E-state index is 13.1. The molecule has 2 aromatic carbocycles. The fourth-order valence-corrected chi connectivity index (χ4v) is 2.41. The Labute approximate surface area is 114 Å². The molecule has 0 aliphatic carbocycles. The maximum atomic E-state index is 13.1. The Kier molecular flexibility index (Phi) is 4.33. The Bertz CT molecular complexity index is 516. The van der Waals surface area contributed by atoms with Gasteiger partial charge in [0.25, 0.3) is 0 Å². The molecule has 3 N–H and O–H groups in total. The van der Waals surface area contributed by atoms with Crippen molar-refractivity contribution in [3.05, 3.63) is 64.4 Å². The zero-order valence-corrected chi connectivity index (χ0v) is 11.3. The first-order valence-electron chi connectivity index (χ1n) is 5.67. The summed E-state index contributed by atoms with van der Waals surface area (Å²) in [6.07, 6.45) is 0. The molecule has 0 saturated carbocycles. The van der Waals surface area contributed by atoms with Crippen LogP contribution in [-0.2, 0) is 0 Å². The average Bonchev–Trinajstić information content (AvgIpc) is 2.38. The average molecular weight is 309 g/mol. The molecule has 1 unspecified atom stereocenters. The minimum Gasteiger partial charge on any atom is -0.377 e. The van der Waals surface area contributed by atoms with E-state index in [1.807, 2.05) is 30.3 Å². The highest BCUT2D eigenvalue weighted by Crippen LogP contribution is 2.26. The second-order valence-corrected chi connectivity index (χ2v) is 4.82. The highest BCUT2D eigenvalue weighted by Gasteiger charge is 2.13. The molecule has 2 rings (SSSR count). The molecule has 1 atom stereocenters. The quantitative estimate of drug-likeness (QED) is 0.904. The van der Waals surface area contributed by atoms with Gasteiger partial charge in [0, 0.05) is 16.7 Å². The van der Waals surface area contributed by atoms with E-state index in [9.17, 15) is 4.39 Å². The number of halogens is 2. The largest absolute Gasteiger partial charge is 0.377 e. The lowest BCUT2D eigenvalue weighted by Crippen LogP contribution is -2.21. The zero-order chi connectivity index (χ0) is 13.0. The third-order valence-electron chi connectivity index (χ3n) is 2.69. The van der Waals surface area contributed by atoms with Crippen LogP contribution in [0.25, 0.3) is 0 Å². The number of anilines is 1. The number of nitrogens with one attached hydrogen (secondary N) is 1. The van der Waals surface area contributed by atoms with Gasteiger partial charge in [-0.15, -0.1) is 0 Å². The van der Waals surface area contributed by atoms with E-state index in [4.69, 9.17) is 5.73 Å². The van der Waals surface area contributed by atoms with Gasteiger partial charge in [-0.2, -0.15) is 0 Å². The van der Waals surface area contributed by atoms with Gasteiger partial charge in [-0.1, -0.05) is 40.2 Å². The predicted molar refractivity (Wildman–Crippen MR) is 76.0 cm³/mol. The van der Waals surface area contributed by atoms with E-state index in [-0.39, 0.29) is 11.9 Å². The Hall–Kier alpha value is -1.39. The van der Waals surface area contributed by atoms with Crippen molar-refractivity contribution < 1.29 is 4.39 Å². The lowest BCUT2D eigenvalue weighted by molar-refractivity contribution is 0.624. The van der Waals surface area contributed by atoms with Crippen LogP contribution >= 0.6 is 15.9 Å². The first-order chi connectivity index (χ1) is 8.70. The van der Waals surface area contributed by atoms with Crippen molar-refractivity contribution in [1.82, 2.24) is 0 Å². The number of nitrogens with two attached hydrogens (primary N) is 1. The molecule has 94 valence electrons. The van der Waals surface area contributed by atoms with Gasteiger partial charge in [-0.25, -0.2) is 4.39 Å². The van der Waals surface area contributed by atoms with Crippen LogP contribution in [-0.4, -0.2) is 6.54 Å². The summed E-state index contributed by atoms with van der Waals surface area (Å²) in [5.41, 5.74) is 7.72. The molecule has 0 bridgehead atoms. The summed E-state index contributed by atoms with van der Waals surface area (Å²) in [4.78, 5) is 0. The van der Waals surface area contributed by atoms with Crippen molar-refractivity contribution in [3.8, 4) is 0 Å². The van der Waals surface area contributed by atoms with Crippen LogP contribution in [0, 0.1) is 5.82 Å². The number of rotatable bonds is 4. The van der Waals surface area contributed by atoms with Crippen molar-refractivity contribution in [3.63, 3.8) is 0 Å². The molecule has 0 aliphatic rings. The number of hydrogen-bond acceptors (Lipinski definition) is 2. The van der Waals surface area contributed by atoms with Gasteiger partial charge in [0.15, 0.2) is 0 Å². The second-order valence-electron chi connectivity index (χ2n) is 3.96. The van der Waals surface area contributed by atoms with Gasteiger partial charge in [-0.3, -0.25) is 0 Å². The molecule has 4 heteroatoms. The molecule has 2 aromatic rings. The SMILES string of the molecule is NCC(Nc1ccccc1)c1ccc(F)cc1Br. The first-order valence-corrected chi connectivity index (χ1v) is 6.46. The summed E-state index contributed by atoms with van der Waals surface area (Å²) in [5.74, 6) is -0.263. The predicted octanol–water partition coefficient (Wildman–Crippen LogP) is 3.70. The zero-order valence-electron chi connectivity index (χ0n) is 9.74. The van der Waals surface area contributed by atoms with Crippen molar-refractivity contribution in [2.45, 2.75) is 6.04 Å². The first kappa shape index (κ1) is 13.1. The van der Waals surface area contributed by atoms with Crippen LogP contribution in [0.5, 0.6) is 0 Å². The van der Waals surface area contributed by atoms with Crippen molar-refractivity contribution >= 4 is 21.6 Å². The second kappa shape index (κ2) is 5.98. The molecule has 0 heterocycles. The van der Waals surface area contributed by atoms with Crippen LogP contribution in [0.4, 0.5) is 10.1 Å². The third-order valence-corrected chi connectivity index (χ3v) is 3.38. The smallest absolute Gasteiger partial charge is 0.124 e. The van der Waals surface area contributed by atoms with Crippen LogP contribution < -0.4 is 11.1 Å². The van der Waals surface area contributed by atoms with Gasteiger partial charge in [0.05, 0.1) is 6.04 Å². The molecule has 0 spiro atoms. The summed E-state index contributed by atoms with van der Waals surface area (Å²) in [7, 11) is 0. The lowest BCUT2D eigenvalue weighted by atomic mass is 10.1. The minimum atomic E-state index is -0.263. The van der Waals surface area contributed by atoms with E-state index in [0.29, 0.717) is 6.54 Å². The Morgan fingerprint density at radius 3 is 2.50 bits per heavy atom. The number of para-hydroxylation sites is 1. The van der Waals surface area contributed by atoms with Crippen molar-refractivity contribution in [1.29, 1.82) is 0 Å². The summed E-state index contributed by atoms with van der Waals surface area (Å²) in [5, 5.41) is 3.33. The normalized spacial score (nSPS) is 12.2. The Balaban J connectivity index is 2.23. The Morgan fingerprint density at radius 2 is 1.89 bits per heavy atom. The van der Waals surface area contributed by atoms with Gasteiger partial charge in [0.1, 0.15) is 5.82 Å². The molecule has 18 heavy (non-hydrogen) atoms. The molecule has 0 saturated heterocycles. The molecule has 0 amide bonds. The summed E-state index contributed by atoms with van der Waals surface area (Å²) < 4.78 is 13.8. The maximum Gasteiger partial charge on any atom is 0.124 e. The van der Waals surface area contributed by atoms with Crippen LogP contribution in [0.15, 0.2) is 53.0 Å². The molecule has 0 aliphatic heterocycles. The van der Waals surface area contributed by atoms with E-state index in [1.165, 1.54) is 12.1 Å². The molecule has 0 aromatic heterocycles.